The number of thiazole rings is 1. The molecule has 3 rings (SSSR count). The number of nitro benzene ring substituents is 1. The average Bonchev–Trinajstić information content (AvgIpc) is 3.22. The lowest BCUT2D eigenvalue weighted by molar-refractivity contribution is -0.384. The van der Waals surface area contributed by atoms with Gasteiger partial charge in [-0.1, -0.05) is 0 Å². The molecule has 1 N–H and O–H groups in total. The molecule has 122 valence electrons. The van der Waals surface area contributed by atoms with E-state index < -0.39 is 4.92 Å². The minimum absolute atomic E-state index is 0.0568. The van der Waals surface area contributed by atoms with Gasteiger partial charge in [0.15, 0.2) is 0 Å². The van der Waals surface area contributed by atoms with Crippen LogP contribution in [-0.4, -0.2) is 15.6 Å². The Morgan fingerprint density at radius 3 is 2.67 bits per heavy atom. The van der Waals surface area contributed by atoms with Gasteiger partial charge >= 0.3 is 0 Å². The fourth-order valence-electron chi connectivity index (χ4n) is 2.03. The van der Waals surface area contributed by atoms with Gasteiger partial charge in [-0.25, -0.2) is 4.98 Å². The van der Waals surface area contributed by atoms with Crippen LogP contribution in [0.25, 0.3) is 11.3 Å². The van der Waals surface area contributed by atoms with Crippen molar-refractivity contribution in [3.05, 3.63) is 63.4 Å². The second-order valence-electron chi connectivity index (χ2n) is 5.06. The molecular formula is C16H14N4O3S. The molecule has 0 spiro atoms. The third-order valence-corrected chi connectivity index (χ3v) is 4.04. The van der Waals surface area contributed by atoms with Gasteiger partial charge in [0, 0.05) is 23.1 Å². The summed E-state index contributed by atoms with van der Waals surface area (Å²) in [6.07, 6.45) is 0. The number of nitro groups is 1. The van der Waals surface area contributed by atoms with E-state index in [4.69, 9.17) is 4.42 Å². The van der Waals surface area contributed by atoms with Crippen LogP contribution in [-0.2, 0) is 0 Å². The molecule has 3 aromatic rings. The molecule has 0 radical (unpaired) electrons. The number of aryl methyl sites for hydroxylation is 1. The number of non-ortho nitro benzene ring substituents is 1. The quantitative estimate of drug-likeness (QED) is 0.420. The molecule has 0 saturated carbocycles. The Balaban J connectivity index is 1.72. The molecule has 7 nitrogen and oxygen atoms in total. The van der Waals surface area contributed by atoms with Crippen LogP contribution in [0.3, 0.4) is 0 Å². The van der Waals surface area contributed by atoms with E-state index in [2.05, 4.69) is 15.5 Å². The molecule has 2 aromatic heterocycles. The molecule has 0 aliphatic rings. The standard InChI is InChI=1S/C16H14N4O3S/c1-10-3-8-15(23-10)11(2)18-19-16-17-14(9-24-16)12-4-6-13(7-5-12)20(21)22/h3-9H,1-2H3,(H,17,19)/b18-11-. The van der Waals surface area contributed by atoms with Gasteiger partial charge in [-0.3, -0.25) is 15.5 Å². The largest absolute Gasteiger partial charge is 0.460 e. The van der Waals surface area contributed by atoms with Crippen molar-refractivity contribution < 1.29 is 9.34 Å². The Kier molecular flexibility index (Phi) is 4.39. The van der Waals surface area contributed by atoms with Gasteiger partial charge in [0.25, 0.3) is 5.69 Å². The van der Waals surface area contributed by atoms with Crippen LogP contribution >= 0.6 is 11.3 Å². The molecule has 0 atom stereocenters. The Morgan fingerprint density at radius 1 is 1.29 bits per heavy atom. The first-order valence-electron chi connectivity index (χ1n) is 7.10. The number of hydrazone groups is 1. The van der Waals surface area contributed by atoms with Gasteiger partial charge in [-0.2, -0.15) is 5.10 Å². The number of hydrogen-bond acceptors (Lipinski definition) is 7. The van der Waals surface area contributed by atoms with E-state index in [1.54, 1.807) is 12.1 Å². The highest BCUT2D eigenvalue weighted by atomic mass is 32.1. The zero-order valence-corrected chi connectivity index (χ0v) is 13.8. The summed E-state index contributed by atoms with van der Waals surface area (Å²) in [5, 5.41) is 17.4. The zero-order valence-electron chi connectivity index (χ0n) is 13.0. The van der Waals surface area contributed by atoms with E-state index in [1.807, 2.05) is 31.4 Å². The van der Waals surface area contributed by atoms with Crippen LogP contribution in [0, 0.1) is 17.0 Å². The van der Waals surface area contributed by atoms with Gasteiger partial charge in [0.1, 0.15) is 17.2 Å². The molecule has 0 amide bonds. The van der Waals surface area contributed by atoms with Crippen LogP contribution in [0.1, 0.15) is 18.4 Å². The molecule has 0 unspecified atom stereocenters. The van der Waals surface area contributed by atoms with Gasteiger partial charge in [-0.15, -0.1) is 11.3 Å². The summed E-state index contributed by atoms with van der Waals surface area (Å²) in [6.45, 7) is 3.72. The molecule has 0 bridgehead atoms. The van der Waals surface area contributed by atoms with Crippen molar-refractivity contribution in [2.45, 2.75) is 13.8 Å². The summed E-state index contributed by atoms with van der Waals surface area (Å²) in [4.78, 5) is 14.7. The van der Waals surface area contributed by atoms with E-state index >= 15 is 0 Å². The van der Waals surface area contributed by atoms with Crippen molar-refractivity contribution in [2.24, 2.45) is 5.10 Å². The van der Waals surface area contributed by atoms with Crippen LogP contribution in [0.4, 0.5) is 10.8 Å². The minimum atomic E-state index is -0.425. The molecule has 0 aliphatic carbocycles. The molecule has 1 aromatic carbocycles. The molecule has 0 fully saturated rings. The summed E-state index contributed by atoms with van der Waals surface area (Å²) in [6, 6.07) is 10.0. The molecule has 24 heavy (non-hydrogen) atoms. The summed E-state index contributed by atoms with van der Waals surface area (Å²) < 4.78 is 5.50. The second kappa shape index (κ2) is 6.63. The summed E-state index contributed by atoms with van der Waals surface area (Å²) >= 11 is 1.40. The highest BCUT2D eigenvalue weighted by molar-refractivity contribution is 7.14. The number of furan rings is 1. The van der Waals surface area contributed by atoms with E-state index in [0.717, 1.165) is 22.7 Å². The number of nitrogens with zero attached hydrogens (tertiary/aromatic N) is 3. The maximum Gasteiger partial charge on any atom is 0.269 e. The molecule has 0 aliphatic heterocycles. The number of nitrogens with one attached hydrogen (secondary N) is 1. The Labute approximate surface area is 141 Å². The smallest absolute Gasteiger partial charge is 0.269 e. The van der Waals surface area contributed by atoms with Crippen molar-refractivity contribution in [2.75, 3.05) is 5.43 Å². The SMILES string of the molecule is C/C(=N/Nc1nc(-c2ccc([N+](=O)[O-])cc2)cs1)c1ccc(C)o1. The molecule has 0 saturated heterocycles. The van der Waals surface area contributed by atoms with Crippen molar-refractivity contribution in [3.8, 4) is 11.3 Å². The lowest BCUT2D eigenvalue weighted by atomic mass is 10.1. The fourth-order valence-corrected chi connectivity index (χ4v) is 2.69. The van der Waals surface area contributed by atoms with Crippen molar-refractivity contribution in [3.63, 3.8) is 0 Å². The Morgan fingerprint density at radius 2 is 2.04 bits per heavy atom. The van der Waals surface area contributed by atoms with Crippen molar-refractivity contribution in [1.82, 2.24) is 4.98 Å². The van der Waals surface area contributed by atoms with Crippen molar-refractivity contribution >= 4 is 27.9 Å². The number of benzene rings is 1. The topological polar surface area (TPSA) is 93.6 Å². The van der Waals surface area contributed by atoms with Gasteiger partial charge in [0.2, 0.25) is 5.13 Å². The third kappa shape index (κ3) is 3.49. The summed E-state index contributed by atoms with van der Waals surface area (Å²) in [5.41, 5.74) is 5.22. The van der Waals surface area contributed by atoms with Crippen LogP contribution in [0.2, 0.25) is 0 Å². The van der Waals surface area contributed by atoms with E-state index in [1.165, 1.54) is 23.5 Å². The summed E-state index contributed by atoms with van der Waals surface area (Å²) in [7, 11) is 0. The van der Waals surface area contributed by atoms with E-state index in [0.29, 0.717) is 10.9 Å². The average molecular weight is 342 g/mol. The molecular weight excluding hydrogens is 328 g/mol. The highest BCUT2D eigenvalue weighted by Crippen LogP contribution is 2.26. The second-order valence-corrected chi connectivity index (χ2v) is 5.92. The van der Waals surface area contributed by atoms with Gasteiger partial charge in [-0.05, 0) is 38.1 Å². The maximum absolute atomic E-state index is 10.7. The zero-order chi connectivity index (χ0) is 17.1. The predicted octanol–water partition coefficient (Wildman–Crippen LogP) is 4.46. The minimum Gasteiger partial charge on any atom is -0.460 e. The first-order chi connectivity index (χ1) is 11.5. The van der Waals surface area contributed by atoms with Crippen molar-refractivity contribution in [1.29, 1.82) is 0 Å². The van der Waals surface area contributed by atoms with Crippen LogP contribution in [0.5, 0.6) is 0 Å². The summed E-state index contributed by atoms with van der Waals surface area (Å²) in [5.74, 6) is 1.53. The van der Waals surface area contributed by atoms with E-state index in [9.17, 15) is 10.1 Å². The maximum atomic E-state index is 10.7. The number of aromatic nitrogens is 1. The fraction of sp³-hybridized carbons (Fsp3) is 0.125. The Bertz CT molecular complexity index is 896. The molecule has 2 heterocycles. The first kappa shape index (κ1) is 15.9. The number of anilines is 1. The molecule has 8 heteroatoms. The van der Waals surface area contributed by atoms with Gasteiger partial charge in [0.05, 0.1) is 10.6 Å². The van der Waals surface area contributed by atoms with Crippen LogP contribution in [0.15, 0.2) is 51.3 Å². The first-order valence-corrected chi connectivity index (χ1v) is 7.98. The predicted molar refractivity (Wildman–Crippen MR) is 93.5 cm³/mol. The van der Waals surface area contributed by atoms with Gasteiger partial charge < -0.3 is 4.42 Å². The monoisotopic (exact) mass is 342 g/mol. The lowest BCUT2D eigenvalue weighted by Crippen LogP contribution is -1.97. The van der Waals surface area contributed by atoms with E-state index in [-0.39, 0.29) is 5.69 Å². The third-order valence-electron chi connectivity index (χ3n) is 3.29. The Hall–Kier alpha value is -3.00. The number of rotatable bonds is 5. The normalized spacial score (nSPS) is 11.5. The highest BCUT2D eigenvalue weighted by Gasteiger charge is 2.08. The number of hydrogen-bond donors (Lipinski definition) is 1. The lowest BCUT2D eigenvalue weighted by Gasteiger charge is -1.98. The van der Waals surface area contributed by atoms with Crippen LogP contribution < -0.4 is 5.43 Å².